The highest BCUT2D eigenvalue weighted by Crippen LogP contribution is 2.18. The van der Waals surface area contributed by atoms with Crippen LogP contribution in [0.1, 0.15) is 35.8 Å². The van der Waals surface area contributed by atoms with Crippen molar-refractivity contribution < 1.29 is 4.79 Å². The predicted molar refractivity (Wildman–Crippen MR) is 83.7 cm³/mol. The Morgan fingerprint density at radius 2 is 2.05 bits per heavy atom. The number of carbonyl (C=O) groups excluding carboxylic acids is 1. The molecule has 0 fully saturated rings. The van der Waals surface area contributed by atoms with Crippen LogP contribution < -0.4 is 10.6 Å². The molecule has 2 N–H and O–H groups in total. The Bertz CT molecular complexity index is 676. The quantitative estimate of drug-likeness (QED) is 0.799. The Hall–Kier alpha value is -2.94. The van der Waals surface area contributed by atoms with Gasteiger partial charge in [0.2, 0.25) is 0 Å². The molecule has 1 aromatic carbocycles. The summed E-state index contributed by atoms with van der Waals surface area (Å²) in [7, 11) is 0. The molecule has 0 bridgehead atoms. The van der Waals surface area contributed by atoms with Crippen molar-refractivity contribution in [2.24, 2.45) is 0 Å². The van der Waals surface area contributed by atoms with Gasteiger partial charge in [-0.2, -0.15) is 5.26 Å². The molecular formula is C16H17N5O. The van der Waals surface area contributed by atoms with Crippen LogP contribution in [-0.2, 0) is 0 Å². The highest BCUT2D eigenvalue weighted by Gasteiger charge is 2.08. The number of para-hydroxylation sites is 1. The number of nitrogens with one attached hydrogen (secondary N) is 2. The number of anilines is 2. The van der Waals surface area contributed by atoms with E-state index in [4.69, 9.17) is 5.26 Å². The monoisotopic (exact) mass is 295 g/mol. The molecule has 22 heavy (non-hydrogen) atoms. The Morgan fingerprint density at radius 1 is 1.23 bits per heavy atom. The van der Waals surface area contributed by atoms with Gasteiger partial charge in [0.05, 0.1) is 11.3 Å². The zero-order chi connectivity index (χ0) is 15.8. The number of aromatic nitrogens is 2. The maximum atomic E-state index is 11.8. The number of rotatable bonds is 6. The van der Waals surface area contributed by atoms with Crippen molar-refractivity contribution >= 4 is 17.4 Å². The molecule has 0 atom stereocenters. The van der Waals surface area contributed by atoms with E-state index in [1.54, 1.807) is 30.3 Å². The van der Waals surface area contributed by atoms with Crippen molar-refractivity contribution in [1.82, 2.24) is 15.5 Å². The molecule has 2 aromatic rings. The van der Waals surface area contributed by atoms with Gasteiger partial charge in [-0.1, -0.05) is 25.5 Å². The lowest BCUT2D eigenvalue weighted by atomic mass is 10.2. The molecular weight excluding hydrogens is 278 g/mol. The molecule has 0 spiro atoms. The third-order valence-electron chi connectivity index (χ3n) is 3.02. The second kappa shape index (κ2) is 7.74. The summed E-state index contributed by atoms with van der Waals surface area (Å²) < 4.78 is 0. The van der Waals surface area contributed by atoms with Gasteiger partial charge in [0.1, 0.15) is 6.07 Å². The zero-order valence-corrected chi connectivity index (χ0v) is 12.3. The number of nitrogens with zero attached hydrogens (tertiary/aromatic N) is 3. The average molecular weight is 295 g/mol. The van der Waals surface area contributed by atoms with Crippen molar-refractivity contribution in [3.05, 3.63) is 47.7 Å². The van der Waals surface area contributed by atoms with E-state index in [1.165, 1.54) is 0 Å². The standard InChI is InChI=1S/C16H17N5O/c1-2-3-10-18-16(22)14-8-9-15(21-20-14)19-13-7-5-4-6-12(13)11-17/h4-9H,2-3,10H2,1H3,(H,18,22)(H,19,21). The molecule has 1 aromatic heterocycles. The molecule has 1 amide bonds. The number of hydrogen-bond acceptors (Lipinski definition) is 5. The van der Waals surface area contributed by atoms with Gasteiger partial charge < -0.3 is 10.6 Å². The van der Waals surface area contributed by atoms with Gasteiger partial charge >= 0.3 is 0 Å². The SMILES string of the molecule is CCCCNC(=O)c1ccc(Nc2ccccc2C#N)nn1. The first kappa shape index (κ1) is 15.4. The fourth-order valence-electron chi connectivity index (χ4n) is 1.82. The average Bonchev–Trinajstić information content (AvgIpc) is 2.56. The summed E-state index contributed by atoms with van der Waals surface area (Å²) in [6, 6.07) is 12.5. The van der Waals surface area contributed by atoms with E-state index in [9.17, 15) is 4.79 Å². The van der Waals surface area contributed by atoms with Crippen LogP contribution in [0.15, 0.2) is 36.4 Å². The molecule has 0 saturated carbocycles. The van der Waals surface area contributed by atoms with E-state index in [1.807, 2.05) is 6.07 Å². The number of amides is 1. The van der Waals surface area contributed by atoms with Crippen molar-refractivity contribution in [3.8, 4) is 6.07 Å². The minimum atomic E-state index is -0.232. The summed E-state index contributed by atoms with van der Waals surface area (Å²) in [5.41, 5.74) is 1.44. The molecule has 6 heteroatoms. The number of benzene rings is 1. The van der Waals surface area contributed by atoms with Crippen molar-refractivity contribution in [3.63, 3.8) is 0 Å². The van der Waals surface area contributed by atoms with Crippen LogP contribution >= 0.6 is 0 Å². The maximum Gasteiger partial charge on any atom is 0.271 e. The van der Waals surface area contributed by atoms with Crippen LogP contribution in [0.3, 0.4) is 0 Å². The van der Waals surface area contributed by atoms with Gasteiger partial charge in [0.15, 0.2) is 11.5 Å². The molecule has 6 nitrogen and oxygen atoms in total. The summed E-state index contributed by atoms with van der Waals surface area (Å²) >= 11 is 0. The Morgan fingerprint density at radius 3 is 2.73 bits per heavy atom. The summed E-state index contributed by atoms with van der Waals surface area (Å²) in [5.74, 6) is 0.248. The molecule has 0 unspecified atom stereocenters. The minimum absolute atomic E-state index is 0.232. The van der Waals surface area contributed by atoms with Gasteiger partial charge in [-0.15, -0.1) is 10.2 Å². The lowest BCUT2D eigenvalue weighted by Gasteiger charge is -2.07. The van der Waals surface area contributed by atoms with Crippen LogP contribution in [0.2, 0.25) is 0 Å². The third kappa shape index (κ3) is 4.03. The first-order chi connectivity index (χ1) is 10.7. The van der Waals surface area contributed by atoms with Crippen molar-refractivity contribution in [1.29, 1.82) is 5.26 Å². The van der Waals surface area contributed by atoms with E-state index in [2.05, 4.69) is 33.8 Å². The number of hydrogen-bond donors (Lipinski definition) is 2. The lowest BCUT2D eigenvalue weighted by Crippen LogP contribution is -2.25. The van der Waals surface area contributed by atoms with Crippen LogP contribution in [0.4, 0.5) is 11.5 Å². The fourth-order valence-corrected chi connectivity index (χ4v) is 1.82. The van der Waals surface area contributed by atoms with E-state index in [0.717, 1.165) is 12.8 Å². The van der Waals surface area contributed by atoms with Gasteiger partial charge in [-0.05, 0) is 30.7 Å². The maximum absolute atomic E-state index is 11.8. The van der Waals surface area contributed by atoms with Crippen LogP contribution in [0.25, 0.3) is 0 Å². The molecule has 112 valence electrons. The minimum Gasteiger partial charge on any atom is -0.351 e. The second-order valence-electron chi connectivity index (χ2n) is 4.70. The van der Waals surface area contributed by atoms with E-state index in [0.29, 0.717) is 23.6 Å². The highest BCUT2D eigenvalue weighted by atomic mass is 16.1. The number of unbranched alkanes of at least 4 members (excludes halogenated alkanes) is 1. The Labute approximate surface area is 129 Å². The summed E-state index contributed by atoms with van der Waals surface area (Å²) in [6.45, 7) is 2.69. The van der Waals surface area contributed by atoms with Crippen molar-refractivity contribution in [2.45, 2.75) is 19.8 Å². The van der Waals surface area contributed by atoms with E-state index >= 15 is 0 Å². The van der Waals surface area contributed by atoms with Crippen LogP contribution in [0, 0.1) is 11.3 Å². The first-order valence-corrected chi connectivity index (χ1v) is 7.12. The highest BCUT2D eigenvalue weighted by molar-refractivity contribution is 5.92. The largest absolute Gasteiger partial charge is 0.351 e. The smallest absolute Gasteiger partial charge is 0.271 e. The molecule has 0 aliphatic carbocycles. The topological polar surface area (TPSA) is 90.7 Å². The van der Waals surface area contributed by atoms with E-state index in [-0.39, 0.29) is 11.6 Å². The van der Waals surface area contributed by atoms with Crippen LogP contribution in [0.5, 0.6) is 0 Å². The van der Waals surface area contributed by atoms with Gasteiger partial charge in [-0.25, -0.2) is 0 Å². The summed E-state index contributed by atoms with van der Waals surface area (Å²) in [4.78, 5) is 11.8. The van der Waals surface area contributed by atoms with Crippen LogP contribution in [-0.4, -0.2) is 22.6 Å². The number of nitriles is 1. The summed E-state index contributed by atoms with van der Waals surface area (Å²) in [5, 5.41) is 22.7. The van der Waals surface area contributed by atoms with Gasteiger partial charge in [0.25, 0.3) is 5.91 Å². The fraction of sp³-hybridized carbons (Fsp3) is 0.250. The van der Waals surface area contributed by atoms with Gasteiger partial charge in [0, 0.05) is 6.54 Å². The lowest BCUT2D eigenvalue weighted by molar-refractivity contribution is 0.0947. The summed E-state index contributed by atoms with van der Waals surface area (Å²) in [6.07, 6.45) is 1.96. The third-order valence-corrected chi connectivity index (χ3v) is 3.02. The molecule has 0 aliphatic rings. The Balaban J connectivity index is 2.03. The van der Waals surface area contributed by atoms with E-state index < -0.39 is 0 Å². The predicted octanol–water partition coefficient (Wildman–Crippen LogP) is 2.62. The van der Waals surface area contributed by atoms with Gasteiger partial charge in [-0.3, -0.25) is 4.79 Å². The molecule has 2 rings (SSSR count). The molecule has 1 heterocycles. The molecule has 0 aliphatic heterocycles. The Kier molecular flexibility index (Phi) is 5.44. The molecule has 0 saturated heterocycles. The first-order valence-electron chi connectivity index (χ1n) is 7.12. The molecule has 0 radical (unpaired) electrons. The van der Waals surface area contributed by atoms with Crippen molar-refractivity contribution in [2.75, 3.05) is 11.9 Å². The second-order valence-corrected chi connectivity index (χ2v) is 4.70. The number of carbonyl (C=O) groups is 1. The zero-order valence-electron chi connectivity index (χ0n) is 12.3. The normalized spacial score (nSPS) is 9.82.